The molecule has 0 bridgehead atoms. The SMILES string of the molecule is Cc1ccccc1Cn1c(N)nc2ccc(C#N)cc21. The van der Waals surface area contributed by atoms with E-state index in [0.717, 1.165) is 11.0 Å². The largest absolute Gasteiger partial charge is 0.369 e. The fourth-order valence-corrected chi connectivity index (χ4v) is 2.33. The summed E-state index contributed by atoms with van der Waals surface area (Å²) in [6.07, 6.45) is 0. The Labute approximate surface area is 117 Å². The van der Waals surface area contributed by atoms with E-state index < -0.39 is 0 Å². The van der Waals surface area contributed by atoms with Crippen molar-refractivity contribution in [3.05, 3.63) is 59.2 Å². The van der Waals surface area contributed by atoms with Crippen molar-refractivity contribution in [2.24, 2.45) is 0 Å². The van der Waals surface area contributed by atoms with Crippen LogP contribution in [0.1, 0.15) is 16.7 Å². The van der Waals surface area contributed by atoms with E-state index in [1.165, 1.54) is 11.1 Å². The number of nitrogens with zero attached hydrogens (tertiary/aromatic N) is 3. The minimum atomic E-state index is 0.471. The van der Waals surface area contributed by atoms with Crippen LogP contribution in [0.4, 0.5) is 5.95 Å². The first-order valence-corrected chi connectivity index (χ1v) is 6.39. The minimum Gasteiger partial charge on any atom is -0.369 e. The third-order valence-corrected chi connectivity index (χ3v) is 3.50. The summed E-state index contributed by atoms with van der Waals surface area (Å²) in [4.78, 5) is 4.35. The number of nitriles is 1. The van der Waals surface area contributed by atoms with Crippen molar-refractivity contribution >= 4 is 17.0 Å². The molecule has 0 saturated carbocycles. The third kappa shape index (κ3) is 1.99. The fourth-order valence-electron chi connectivity index (χ4n) is 2.33. The highest BCUT2D eigenvalue weighted by Gasteiger charge is 2.10. The van der Waals surface area contributed by atoms with Gasteiger partial charge in [0.25, 0.3) is 0 Å². The van der Waals surface area contributed by atoms with Crippen LogP contribution >= 0.6 is 0 Å². The second-order valence-corrected chi connectivity index (χ2v) is 4.80. The predicted octanol–water partition coefficient (Wildman–Crippen LogP) is 2.85. The molecule has 0 spiro atoms. The maximum atomic E-state index is 9.02. The van der Waals surface area contributed by atoms with Gasteiger partial charge in [-0.2, -0.15) is 5.26 Å². The molecule has 0 aliphatic carbocycles. The van der Waals surface area contributed by atoms with Crippen molar-refractivity contribution < 1.29 is 0 Å². The molecule has 3 aromatic rings. The molecular formula is C16H14N4. The normalized spacial score (nSPS) is 10.6. The molecule has 2 aromatic carbocycles. The first-order valence-electron chi connectivity index (χ1n) is 6.39. The molecule has 98 valence electrons. The van der Waals surface area contributed by atoms with Crippen LogP contribution in [-0.2, 0) is 6.54 Å². The van der Waals surface area contributed by atoms with Gasteiger partial charge in [-0.1, -0.05) is 24.3 Å². The zero-order chi connectivity index (χ0) is 14.1. The highest BCUT2D eigenvalue weighted by molar-refractivity contribution is 5.80. The minimum absolute atomic E-state index is 0.471. The molecule has 4 heteroatoms. The lowest BCUT2D eigenvalue weighted by Crippen LogP contribution is -2.05. The number of hydrogen-bond acceptors (Lipinski definition) is 3. The molecule has 2 N–H and O–H groups in total. The molecule has 0 fully saturated rings. The standard InChI is InChI=1S/C16H14N4/c1-11-4-2-3-5-13(11)10-20-15-8-12(9-17)6-7-14(15)19-16(20)18/h2-8H,10H2,1H3,(H2,18,19). The van der Waals surface area contributed by atoms with E-state index in [2.05, 4.69) is 30.1 Å². The molecule has 20 heavy (non-hydrogen) atoms. The van der Waals surface area contributed by atoms with E-state index in [1.807, 2.05) is 28.8 Å². The van der Waals surface area contributed by atoms with Crippen LogP contribution < -0.4 is 5.73 Å². The molecule has 0 atom stereocenters. The zero-order valence-corrected chi connectivity index (χ0v) is 11.2. The summed E-state index contributed by atoms with van der Waals surface area (Å²) in [5.74, 6) is 0.471. The summed E-state index contributed by atoms with van der Waals surface area (Å²) >= 11 is 0. The molecule has 0 unspecified atom stereocenters. The Morgan fingerprint density at radius 1 is 1.25 bits per heavy atom. The fraction of sp³-hybridized carbons (Fsp3) is 0.125. The number of fused-ring (bicyclic) bond motifs is 1. The summed E-state index contributed by atoms with van der Waals surface area (Å²) in [5, 5.41) is 9.02. The van der Waals surface area contributed by atoms with Crippen molar-refractivity contribution in [3.8, 4) is 6.07 Å². The Balaban J connectivity index is 2.14. The number of nitrogens with two attached hydrogens (primary N) is 1. The number of nitrogen functional groups attached to an aromatic ring is 1. The molecule has 0 aliphatic rings. The van der Waals surface area contributed by atoms with Gasteiger partial charge in [-0.15, -0.1) is 0 Å². The van der Waals surface area contributed by atoms with E-state index in [-0.39, 0.29) is 0 Å². The number of aryl methyl sites for hydroxylation is 1. The van der Waals surface area contributed by atoms with Crippen molar-refractivity contribution in [1.29, 1.82) is 5.26 Å². The van der Waals surface area contributed by atoms with Crippen LogP contribution in [0.5, 0.6) is 0 Å². The summed E-state index contributed by atoms with van der Waals surface area (Å²) < 4.78 is 1.94. The molecule has 1 aromatic heterocycles. The van der Waals surface area contributed by atoms with Gasteiger partial charge in [0.15, 0.2) is 0 Å². The molecule has 0 amide bonds. The average Bonchev–Trinajstić information content (AvgIpc) is 2.77. The maximum absolute atomic E-state index is 9.02. The Kier molecular flexibility index (Phi) is 2.88. The highest BCUT2D eigenvalue weighted by atomic mass is 15.1. The lowest BCUT2D eigenvalue weighted by atomic mass is 10.1. The van der Waals surface area contributed by atoms with Gasteiger partial charge in [0.2, 0.25) is 5.95 Å². The zero-order valence-electron chi connectivity index (χ0n) is 11.2. The summed E-state index contributed by atoms with van der Waals surface area (Å²) in [6.45, 7) is 2.73. The number of hydrogen-bond donors (Lipinski definition) is 1. The number of imidazole rings is 1. The van der Waals surface area contributed by atoms with Crippen LogP contribution in [0.3, 0.4) is 0 Å². The van der Waals surface area contributed by atoms with Crippen molar-refractivity contribution in [3.63, 3.8) is 0 Å². The van der Waals surface area contributed by atoms with E-state index in [1.54, 1.807) is 6.07 Å². The lowest BCUT2D eigenvalue weighted by Gasteiger charge is -2.09. The van der Waals surface area contributed by atoms with Gasteiger partial charge >= 0.3 is 0 Å². The van der Waals surface area contributed by atoms with Crippen LogP contribution in [0.25, 0.3) is 11.0 Å². The van der Waals surface area contributed by atoms with Crippen LogP contribution in [0.15, 0.2) is 42.5 Å². The van der Waals surface area contributed by atoms with Gasteiger partial charge < -0.3 is 10.3 Å². The summed E-state index contributed by atoms with van der Waals surface area (Å²) in [7, 11) is 0. The first kappa shape index (κ1) is 12.2. The van der Waals surface area contributed by atoms with Crippen LogP contribution in [0, 0.1) is 18.3 Å². The summed E-state index contributed by atoms with van der Waals surface area (Å²) in [5.41, 5.74) is 10.7. The number of aromatic nitrogens is 2. The van der Waals surface area contributed by atoms with Gasteiger partial charge in [-0.05, 0) is 36.2 Å². The average molecular weight is 262 g/mol. The third-order valence-electron chi connectivity index (χ3n) is 3.50. The predicted molar refractivity (Wildman–Crippen MR) is 79.1 cm³/mol. The number of anilines is 1. The first-order chi connectivity index (χ1) is 9.69. The summed E-state index contributed by atoms with van der Waals surface area (Å²) in [6, 6.07) is 15.7. The molecule has 0 radical (unpaired) electrons. The Hall–Kier alpha value is -2.80. The highest BCUT2D eigenvalue weighted by Crippen LogP contribution is 2.21. The van der Waals surface area contributed by atoms with E-state index in [4.69, 9.17) is 11.0 Å². The van der Waals surface area contributed by atoms with Crippen molar-refractivity contribution in [1.82, 2.24) is 9.55 Å². The van der Waals surface area contributed by atoms with Gasteiger partial charge in [-0.25, -0.2) is 4.98 Å². The molecule has 4 nitrogen and oxygen atoms in total. The lowest BCUT2D eigenvalue weighted by molar-refractivity contribution is 0.832. The van der Waals surface area contributed by atoms with Crippen molar-refractivity contribution in [2.75, 3.05) is 5.73 Å². The van der Waals surface area contributed by atoms with E-state index >= 15 is 0 Å². The van der Waals surface area contributed by atoms with Crippen LogP contribution in [0.2, 0.25) is 0 Å². The molecule has 3 rings (SSSR count). The second kappa shape index (κ2) is 4.71. The molecule has 0 saturated heterocycles. The van der Waals surface area contributed by atoms with Crippen molar-refractivity contribution in [2.45, 2.75) is 13.5 Å². The quantitative estimate of drug-likeness (QED) is 0.772. The monoisotopic (exact) mass is 262 g/mol. The topological polar surface area (TPSA) is 67.6 Å². The van der Waals surface area contributed by atoms with Gasteiger partial charge in [-0.3, -0.25) is 0 Å². The van der Waals surface area contributed by atoms with E-state index in [9.17, 15) is 0 Å². The number of rotatable bonds is 2. The Morgan fingerprint density at radius 2 is 2.05 bits per heavy atom. The Morgan fingerprint density at radius 3 is 2.80 bits per heavy atom. The van der Waals surface area contributed by atoms with E-state index in [0.29, 0.717) is 18.1 Å². The smallest absolute Gasteiger partial charge is 0.201 e. The molecule has 0 aliphatic heterocycles. The Bertz CT molecular complexity index is 824. The molecular weight excluding hydrogens is 248 g/mol. The van der Waals surface area contributed by atoms with Gasteiger partial charge in [0.05, 0.1) is 29.2 Å². The number of benzene rings is 2. The maximum Gasteiger partial charge on any atom is 0.201 e. The second-order valence-electron chi connectivity index (χ2n) is 4.80. The van der Waals surface area contributed by atoms with Gasteiger partial charge in [0, 0.05) is 0 Å². The van der Waals surface area contributed by atoms with Gasteiger partial charge in [0.1, 0.15) is 0 Å². The van der Waals surface area contributed by atoms with Crippen LogP contribution in [-0.4, -0.2) is 9.55 Å². The molecule has 1 heterocycles.